The van der Waals surface area contributed by atoms with Crippen LogP contribution < -0.4 is 11.2 Å². The van der Waals surface area contributed by atoms with Gasteiger partial charge in [0.25, 0.3) is 0 Å². The number of aryl methyl sites for hydroxylation is 1. The molecule has 0 radical (unpaired) electrons. The van der Waals surface area contributed by atoms with Gasteiger partial charge in [0, 0.05) is 31.7 Å². The number of anilines is 1. The molecular weight excluding hydrogens is 244 g/mol. The molecular formula is C13H20N4S. The molecule has 1 aliphatic heterocycles. The van der Waals surface area contributed by atoms with E-state index in [9.17, 15) is 0 Å². The maximum atomic E-state index is 5.78. The number of nitrogens with zero attached hydrogens (tertiary/aromatic N) is 2. The van der Waals surface area contributed by atoms with Gasteiger partial charge >= 0.3 is 0 Å². The van der Waals surface area contributed by atoms with Crippen LogP contribution in [0.4, 0.5) is 5.69 Å². The Kier molecular flexibility index (Phi) is 4.16. The van der Waals surface area contributed by atoms with Gasteiger partial charge in [-0.1, -0.05) is 24.4 Å². The van der Waals surface area contributed by atoms with E-state index in [4.69, 9.17) is 18.0 Å². The summed E-state index contributed by atoms with van der Waals surface area (Å²) >= 11 is 5.11. The highest BCUT2D eigenvalue weighted by molar-refractivity contribution is 7.80. The summed E-state index contributed by atoms with van der Waals surface area (Å²) in [6.45, 7) is 6.21. The van der Waals surface area contributed by atoms with Crippen molar-refractivity contribution in [3.8, 4) is 0 Å². The molecule has 0 aromatic heterocycles. The van der Waals surface area contributed by atoms with Gasteiger partial charge in [-0.2, -0.15) is 0 Å². The summed E-state index contributed by atoms with van der Waals surface area (Å²) < 4.78 is 0. The van der Waals surface area contributed by atoms with Gasteiger partial charge in [-0.05, 0) is 25.6 Å². The molecule has 1 fully saturated rings. The fraction of sp³-hybridized carbons (Fsp3) is 0.462. The SMILES string of the molecule is Cc1cccc(C(N)=S)c1NN1CCN(C)CC1. The number of thiocarbonyl (C=S) groups is 1. The molecule has 0 amide bonds. The molecule has 18 heavy (non-hydrogen) atoms. The largest absolute Gasteiger partial charge is 0.389 e. The fourth-order valence-corrected chi connectivity index (χ4v) is 2.27. The average molecular weight is 264 g/mol. The van der Waals surface area contributed by atoms with Gasteiger partial charge in [0.05, 0.1) is 5.69 Å². The third kappa shape index (κ3) is 2.98. The minimum Gasteiger partial charge on any atom is -0.389 e. The van der Waals surface area contributed by atoms with Gasteiger partial charge in [0.2, 0.25) is 0 Å². The molecule has 0 unspecified atom stereocenters. The first-order chi connectivity index (χ1) is 8.58. The Morgan fingerprint density at radius 2 is 1.94 bits per heavy atom. The maximum absolute atomic E-state index is 5.78. The molecule has 4 nitrogen and oxygen atoms in total. The van der Waals surface area contributed by atoms with E-state index in [2.05, 4.69) is 35.4 Å². The third-order valence-corrected chi connectivity index (χ3v) is 3.53. The minimum absolute atomic E-state index is 0.440. The zero-order valence-electron chi connectivity index (χ0n) is 10.9. The molecule has 1 saturated heterocycles. The molecule has 0 aliphatic carbocycles. The molecule has 1 aromatic carbocycles. The first-order valence-corrected chi connectivity index (χ1v) is 6.58. The van der Waals surface area contributed by atoms with Crippen LogP contribution in [0.5, 0.6) is 0 Å². The maximum Gasteiger partial charge on any atom is 0.106 e. The van der Waals surface area contributed by atoms with Crippen molar-refractivity contribution in [2.24, 2.45) is 5.73 Å². The smallest absolute Gasteiger partial charge is 0.106 e. The van der Waals surface area contributed by atoms with Crippen molar-refractivity contribution in [2.45, 2.75) is 6.92 Å². The fourth-order valence-electron chi connectivity index (χ4n) is 2.10. The predicted molar refractivity (Wildman–Crippen MR) is 79.8 cm³/mol. The number of hydrogen-bond donors (Lipinski definition) is 2. The summed E-state index contributed by atoms with van der Waals surface area (Å²) in [5.41, 5.74) is 12.4. The Hall–Kier alpha value is -1.17. The minimum atomic E-state index is 0.440. The Balaban J connectivity index is 2.15. The molecule has 2 rings (SSSR count). The zero-order valence-corrected chi connectivity index (χ0v) is 11.8. The number of rotatable bonds is 3. The van der Waals surface area contributed by atoms with Gasteiger partial charge in [-0.15, -0.1) is 0 Å². The monoisotopic (exact) mass is 264 g/mol. The molecule has 0 bridgehead atoms. The molecule has 1 heterocycles. The zero-order chi connectivity index (χ0) is 13.1. The summed E-state index contributed by atoms with van der Waals surface area (Å²) in [5, 5.41) is 2.23. The number of piperazine rings is 1. The van der Waals surface area contributed by atoms with Crippen LogP contribution in [0.15, 0.2) is 18.2 Å². The Morgan fingerprint density at radius 3 is 2.56 bits per heavy atom. The van der Waals surface area contributed by atoms with Crippen LogP contribution in [-0.4, -0.2) is 48.1 Å². The highest BCUT2D eigenvalue weighted by Crippen LogP contribution is 2.21. The van der Waals surface area contributed by atoms with Crippen LogP contribution in [0.1, 0.15) is 11.1 Å². The summed E-state index contributed by atoms with van der Waals surface area (Å²) in [6, 6.07) is 6.02. The Morgan fingerprint density at radius 1 is 1.28 bits per heavy atom. The lowest BCUT2D eigenvalue weighted by Gasteiger charge is -2.34. The molecule has 98 valence electrons. The van der Waals surface area contributed by atoms with E-state index in [0.717, 1.165) is 37.4 Å². The second-order valence-corrected chi connectivity index (χ2v) is 5.20. The first-order valence-electron chi connectivity index (χ1n) is 6.17. The van der Waals surface area contributed by atoms with E-state index in [1.54, 1.807) is 0 Å². The number of para-hydroxylation sites is 1. The topological polar surface area (TPSA) is 44.5 Å². The Bertz CT molecular complexity index is 439. The second kappa shape index (κ2) is 5.65. The Labute approximate surface area is 114 Å². The van der Waals surface area contributed by atoms with Gasteiger partial charge in [-0.3, -0.25) is 0 Å². The van der Waals surface area contributed by atoms with Crippen molar-refractivity contribution in [3.63, 3.8) is 0 Å². The van der Waals surface area contributed by atoms with Crippen molar-refractivity contribution >= 4 is 22.9 Å². The number of nitrogens with two attached hydrogens (primary N) is 1. The van der Waals surface area contributed by atoms with Crippen LogP contribution in [0.3, 0.4) is 0 Å². The van der Waals surface area contributed by atoms with E-state index >= 15 is 0 Å². The number of likely N-dealkylation sites (N-methyl/N-ethyl adjacent to an activating group) is 1. The predicted octanol–water partition coefficient (Wildman–Crippen LogP) is 1.20. The van der Waals surface area contributed by atoms with Gasteiger partial charge in [0.1, 0.15) is 4.99 Å². The lowest BCUT2D eigenvalue weighted by Crippen LogP contribution is -2.47. The van der Waals surface area contributed by atoms with E-state index in [1.807, 2.05) is 12.1 Å². The van der Waals surface area contributed by atoms with Crippen molar-refractivity contribution < 1.29 is 0 Å². The molecule has 0 atom stereocenters. The van der Waals surface area contributed by atoms with Gasteiger partial charge < -0.3 is 16.1 Å². The second-order valence-electron chi connectivity index (χ2n) is 4.76. The summed E-state index contributed by atoms with van der Waals surface area (Å²) in [7, 11) is 2.14. The van der Waals surface area contributed by atoms with Crippen LogP contribution >= 0.6 is 12.2 Å². The van der Waals surface area contributed by atoms with E-state index in [0.29, 0.717) is 4.99 Å². The van der Waals surface area contributed by atoms with E-state index < -0.39 is 0 Å². The van der Waals surface area contributed by atoms with Crippen molar-refractivity contribution in [2.75, 3.05) is 38.7 Å². The summed E-state index contributed by atoms with van der Waals surface area (Å²) in [4.78, 5) is 2.76. The van der Waals surface area contributed by atoms with Crippen LogP contribution in [0, 0.1) is 6.92 Å². The average Bonchev–Trinajstić information content (AvgIpc) is 2.34. The third-order valence-electron chi connectivity index (χ3n) is 3.31. The van der Waals surface area contributed by atoms with Crippen molar-refractivity contribution in [3.05, 3.63) is 29.3 Å². The molecule has 3 N–H and O–H groups in total. The number of benzene rings is 1. The van der Waals surface area contributed by atoms with E-state index in [-0.39, 0.29) is 0 Å². The molecule has 0 spiro atoms. The normalized spacial score (nSPS) is 17.7. The summed E-state index contributed by atoms with van der Waals surface area (Å²) in [6.07, 6.45) is 0. The number of hydrogen-bond acceptors (Lipinski definition) is 4. The number of hydrazine groups is 1. The molecule has 5 heteroatoms. The molecule has 1 aliphatic rings. The first kappa shape index (κ1) is 13.3. The highest BCUT2D eigenvalue weighted by atomic mass is 32.1. The van der Waals surface area contributed by atoms with Crippen LogP contribution in [-0.2, 0) is 0 Å². The van der Waals surface area contributed by atoms with Crippen LogP contribution in [0.2, 0.25) is 0 Å². The lowest BCUT2D eigenvalue weighted by molar-refractivity contribution is 0.179. The van der Waals surface area contributed by atoms with Crippen molar-refractivity contribution in [1.29, 1.82) is 0 Å². The highest BCUT2D eigenvalue weighted by Gasteiger charge is 2.16. The van der Waals surface area contributed by atoms with E-state index in [1.165, 1.54) is 5.56 Å². The quantitative estimate of drug-likeness (QED) is 0.803. The summed E-state index contributed by atoms with van der Waals surface area (Å²) in [5.74, 6) is 0. The molecule has 0 saturated carbocycles. The molecule has 1 aromatic rings. The standard InChI is InChI=1S/C13H20N4S/c1-10-4-3-5-11(13(14)18)12(10)15-17-8-6-16(2)7-9-17/h3-5,15H,6-9H2,1-2H3,(H2,14,18). The van der Waals surface area contributed by atoms with Crippen LogP contribution in [0.25, 0.3) is 0 Å². The van der Waals surface area contributed by atoms with Gasteiger partial charge in [0.15, 0.2) is 0 Å². The van der Waals surface area contributed by atoms with Gasteiger partial charge in [-0.25, -0.2) is 5.01 Å². The van der Waals surface area contributed by atoms with Crippen molar-refractivity contribution in [1.82, 2.24) is 9.91 Å². The number of nitrogens with one attached hydrogen (secondary N) is 1. The lowest BCUT2D eigenvalue weighted by atomic mass is 10.1.